The van der Waals surface area contributed by atoms with Gasteiger partial charge in [0.15, 0.2) is 0 Å². The third-order valence-electron chi connectivity index (χ3n) is 4.63. The Morgan fingerprint density at radius 3 is 2.24 bits per heavy atom. The van der Waals surface area contributed by atoms with Gasteiger partial charge in [-0.15, -0.1) is 11.3 Å². The van der Waals surface area contributed by atoms with Gasteiger partial charge in [-0.05, 0) is 34.4 Å². The fraction of sp³-hybridized carbons (Fsp3) is 0. The summed E-state index contributed by atoms with van der Waals surface area (Å²) in [5.74, 6) is 0. The Balaban J connectivity index is 1.71. The van der Waals surface area contributed by atoms with E-state index in [0.717, 1.165) is 5.56 Å². The van der Waals surface area contributed by atoms with Crippen LogP contribution in [0.2, 0.25) is 0 Å². The van der Waals surface area contributed by atoms with Crippen LogP contribution < -0.4 is 0 Å². The molecule has 0 saturated carbocycles. The van der Waals surface area contributed by atoms with Gasteiger partial charge in [0, 0.05) is 20.2 Å². The summed E-state index contributed by atoms with van der Waals surface area (Å²) in [4.78, 5) is 0. The SMILES string of the molecule is [2H]c1ccc(-c2cccc(-c3cccc4c3sc3ccccc34)c2)cc1. The molecule has 0 atom stereocenters. The van der Waals surface area contributed by atoms with Crippen molar-refractivity contribution in [2.24, 2.45) is 0 Å². The van der Waals surface area contributed by atoms with Gasteiger partial charge in [0.25, 0.3) is 0 Å². The molecule has 1 heterocycles. The highest BCUT2D eigenvalue weighted by Crippen LogP contribution is 2.40. The topological polar surface area (TPSA) is 0 Å². The molecule has 0 spiro atoms. The Kier molecular flexibility index (Phi) is 3.15. The van der Waals surface area contributed by atoms with E-state index in [4.69, 9.17) is 1.37 Å². The molecule has 0 N–H and O–H groups in total. The van der Waals surface area contributed by atoms with Crippen LogP contribution in [0.4, 0.5) is 0 Å². The van der Waals surface area contributed by atoms with Crippen molar-refractivity contribution in [3.63, 3.8) is 0 Å². The molecule has 0 radical (unpaired) electrons. The molecule has 1 heteroatoms. The van der Waals surface area contributed by atoms with Crippen molar-refractivity contribution in [2.75, 3.05) is 0 Å². The first-order chi connectivity index (χ1) is 12.8. The first-order valence-electron chi connectivity index (χ1n) is 8.87. The first-order valence-corrected chi connectivity index (χ1v) is 9.19. The molecule has 0 saturated heterocycles. The van der Waals surface area contributed by atoms with Crippen LogP contribution >= 0.6 is 11.3 Å². The Hall–Kier alpha value is -2.90. The number of benzene rings is 4. The molecular formula is C24H16S. The van der Waals surface area contributed by atoms with Gasteiger partial charge in [-0.2, -0.15) is 0 Å². The predicted octanol–water partition coefficient (Wildman–Crippen LogP) is 7.39. The van der Waals surface area contributed by atoms with Gasteiger partial charge in [-0.3, -0.25) is 0 Å². The van der Waals surface area contributed by atoms with Gasteiger partial charge in [0.1, 0.15) is 0 Å². The van der Waals surface area contributed by atoms with Crippen molar-refractivity contribution in [1.29, 1.82) is 0 Å². The lowest BCUT2D eigenvalue weighted by molar-refractivity contribution is 1.61. The molecule has 0 amide bonds. The van der Waals surface area contributed by atoms with E-state index >= 15 is 0 Å². The molecule has 118 valence electrons. The summed E-state index contributed by atoms with van der Waals surface area (Å²) in [6.45, 7) is 0. The first kappa shape index (κ1) is 13.4. The van der Waals surface area contributed by atoms with Crippen LogP contribution in [0.3, 0.4) is 0 Å². The fourth-order valence-electron chi connectivity index (χ4n) is 3.42. The second-order valence-electron chi connectivity index (χ2n) is 6.15. The zero-order chi connectivity index (χ0) is 17.5. The zero-order valence-corrected chi connectivity index (χ0v) is 14.4. The fourth-order valence-corrected chi connectivity index (χ4v) is 4.66. The summed E-state index contributed by atoms with van der Waals surface area (Å²) in [5.41, 5.74) is 4.84. The van der Waals surface area contributed by atoms with Crippen LogP contribution in [0, 0.1) is 0 Å². The molecule has 25 heavy (non-hydrogen) atoms. The summed E-state index contributed by atoms with van der Waals surface area (Å²) < 4.78 is 10.3. The van der Waals surface area contributed by atoms with Crippen molar-refractivity contribution in [3.05, 3.63) is 97.0 Å². The second kappa shape index (κ2) is 5.87. The van der Waals surface area contributed by atoms with Crippen molar-refractivity contribution < 1.29 is 1.37 Å². The summed E-state index contributed by atoms with van der Waals surface area (Å²) in [5, 5.41) is 2.66. The van der Waals surface area contributed by atoms with Crippen molar-refractivity contribution in [2.45, 2.75) is 0 Å². The summed E-state index contributed by atoms with van der Waals surface area (Å²) in [6, 6.07) is 32.1. The molecule has 5 rings (SSSR count). The predicted molar refractivity (Wildman–Crippen MR) is 110 cm³/mol. The molecule has 5 aromatic rings. The van der Waals surface area contributed by atoms with E-state index in [1.54, 1.807) is 0 Å². The lowest BCUT2D eigenvalue weighted by Gasteiger charge is -2.07. The Morgan fingerprint density at radius 2 is 1.32 bits per heavy atom. The normalized spacial score (nSPS) is 11.8. The average Bonchev–Trinajstić information content (AvgIpc) is 3.07. The molecule has 0 unspecified atom stereocenters. The minimum absolute atomic E-state index is 0.542. The lowest BCUT2D eigenvalue weighted by Crippen LogP contribution is -1.81. The molecular weight excluding hydrogens is 320 g/mol. The summed E-state index contributed by atoms with van der Waals surface area (Å²) >= 11 is 1.86. The molecule has 0 aliphatic carbocycles. The van der Waals surface area contributed by atoms with Crippen molar-refractivity contribution in [3.8, 4) is 22.3 Å². The van der Waals surface area contributed by atoms with Gasteiger partial charge in [0.05, 0.1) is 1.37 Å². The number of hydrogen-bond acceptors (Lipinski definition) is 1. The van der Waals surface area contributed by atoms with E-state index in [-0.39, 0.29) is 0 Å². The monoisotopic (exact) mass is 337 g/mol. The molecule has 0 aliphatic heterocycles. The quantitative estimate of drug-likeness (QED) is 0.315. The van der Waals surface area contributed by atoms with Gasteiger partial charge in [-0.25, -0.2) is 0 Å². The highest BCUT2D eigenvalue weighted by atomic mass is 32.1. The average molecular weight is 337 g/mol. The van der Waals surface area contributed by atoms with E-state index in [9.17, 15) is 0 Å². The molecule has 4 aromatic carbocycles. The van der Waals surface area contributed by atoms with E-state index in [0.29, 0.717) is 6.04 Å². The maximum Gasteiger partial charge on any atom is 0.0623 e. The molecule has 0 aliphatic rings. The second-order valence-corrected chi connectivity index (χ2v) is 7.20. The Bertz CT molecular complexity index is 1230. The van der Waals surface area contributed by atoms with E-state index in [2.05, 4.69) is 66.7 Å². The number of hydrogen-bond donors (Lipinski definition) is 0. The standard InChI is InChI=1S/C24H16S/c1-2-8-17(9-3-1)18-10-6-11-19(16-18)20-13-7-14-22-21-12-4-5-15-23(21)25-24(20)22/h1-16H/i1D. The lowest BCUT2D eigenvalue weighted by atomic mass is 9.98. The highest BCUT2D eigenvalue weighted by molar-refractivity contribution is 7.26. The zero-order valence-electron chi connectivity index (χ0n) is 14.6. The van der Waals surface area contributed by atoms with E-state index < -0.39 is 0 Å². The van der Waals surface area contributed by atoms with Gasteiger partial charge in [0.2, 0.25) is 0 Å². The summed E-state index contributed by atoms with van der Waals surface area (Å²) in [7, 11) is 0. The van der Waals surface area contributed by atoms with Crippen LogP contribution in [0.5, 0.6) is 0 Å². The summed E-state index contributed by atoms with van der Waals surface area (Å²) in [6.07, 6.45) is 0. The van der Waals surface area contributed by atoms with Crippen LogP contribution in [0.15, 0.2) is 97.0 Å². The molecule has 1 aromatic heterocycles. The maximum absolute atomic E-state index is 7.68. The van der Waals surface area contributed by atoms with Gasteiger partial charge >= 0.3 is 0 Å². The molecule has 0 fully saturated rings. The largest absolute Gasteiger partial charge is 0.135 e. The third-order valence-corrected chi connectivity index (χ3v) is 5.85. The Morgan fingerprint density at radius 1 is 0.600 bits per heavy atom. The van der Waals surface area contributed by atoms with E-state index in [1.807, 2.05) is 35.6 Å². The smallest absolute Gasteiger partial charge is 0.0623 e. The third kappa shape index (κ3) is 2.45. The number of rotatable bonds is 2. The van der Waals surface area contributed by atoms with Crippen molar-refractivity contribution >= 4 is 31.5 Å². The van der Waals surface area contributed by atoms with Crippen molar-refractivity contribution in [1.82, 2.24) is 0 Å². The van der Waals surface area contributed by atoms with Crippen LogP contribution in [-0.2, 0) is 0 Å². The van der Waals surface area contributed by atoms with Gasteiger partial charge in [-0.1, -0.05) is 84.9 Å². The molecule has 0 bridgehead atoms. The van der Waals surface area contributed by atoms with Crippen LogP contribution in [0.25, 0.3) is 42.4 Å². The van der Waals surface area contributed by atoms with E-state index in [1.165, 1.54) is 36.9 Å². The maximum atomic E-state index is 7.68. The molecule has 0 nitrogen and oxygen atoms in total. The van der Waals surface area contributed by atoms with Gasteiger partial charge < -0.3 is 0 Å². The minimum Gasteiger partial charge on any atom is -0.135 e. The minimum atomic E-state index is 0.542. The highest BCUT2D eigenvalue weighted by Gasteiger charge is 2.10. The Labute approximate surface area is 152 Å². The number of fused-ring (bicyclic) bond motifs is 3. The van der Waals surface area contributed by atoms with Crippen LogP contribution in [0.1, 0.15) is 1.37 Å². The number of thiophene rings is 1. The van der Waals surface area contributed by atoms with Crippen LogP contribution in [-0.4, -0.2) is 0 Å².